The first-order chi connectivity index (χ1) is 11.4. The SMILES string of the molecule is CN(C(=O)c1ccc(NCC2CCCO2)cn1)C1CCS(=O)(=O)C1. The second-order valence-electron chi connectivity index (χ2n) is 6.42. The van der Waals surface area contributed by atoms with Crippen molar-refractivity contribution in [3.05, 3.63) is 24.0 Å². The van der Waals surface area contributed by atoms with Crippen LogP contribution in [0.1, 0.15) is 29.8 Å². The third kappa shape index (κ3) is 4.05. The summed E-state index contributed by atoms with van der Waals surface area (Å²) in [5, 5.41) is 3.26. The Morgan fingerprint density at radius 2 is 2.25 bits per heavy atom. The fourth-order valence-corrected chi connectivity index (χ4v) is 4.86. The lowest BCUT2D eigenvalue weighted by Crippen LogP contribution is -2.38. The molecule has 1 N–H and O–H groups in total. The summed E-state index contributed by atoms with van der Waals surface area (Å²) in [4.78, 5) is 18.2. The first kappa shape index (κ1) is 17.2. The lowest BCUT2D eigenvalue weighted by Gasteiger charge is -2.23. The van der Waals surface area contributed by atoms with E-state index in [9.17, 15) is 13.2 Å². The number of sulfone groups is 1. The number of nitrogens with zero attached hydrogens (tertiary/aromatic N) is 2. The molecule has 1 amide bonds. The molecule has 1 aromatic heterocycles. The lowest BCUT2D eigenvalue weighted by molar-refractivity contribution is 0.0742. The van der Waals surface area contributed by atoms with Crippen molar-refractivity contribution in [1.29, 1.82) is 0 Å². The highest BCUT2D eigenvalue weighted by Gasteiger charge is 2.33. The average molecular weight is 353 g/mol. The van der Waals surface area contributed by atoms with Gasteiger partial charge < -0.3 is 15.0 Å². The standard InChI is InChI=1S/C16H23N3O4S/c1-19(13-6-8-24(21,22)11-13)16(20)15-5-4-12(9-18-15)17-10-14-3-2-7-23-14/h4-5,9,13-14,17H,2-3,6-8,10-11H2,1H3. The van der Waals surface area contributed by atoms with Crippen molar-refractivity contribution in [2.75, 3.05) is 37.0 Å². The normalized spacial score (nSPS) is 25.5. The van der Waals surface area contributed by atoms with Gasteiger partial charge >= 0.3 is 0 Å². The Hall–Kier alpha value is -1.67. The maximum Gasteiger partial charge on any atom is 0.272 e. The molecular weight excluding hydrogens is 330 g/mol. The van der Waals surface area contributed by atoms with E-state index in [0.29, 0.717) is 12.1 Å². The van der Waals surface area contributed by atoms with Crippen LogP contribution in [0.25, 0.3) is 0 Å². The highest BCUT2D eigenvalue weighted by atomic mass is 32.2. The fraction of sp³-hybridized carbons (Fsp3) is 0.625. The highest BCUT2D eigenvalue weighted by molar-refractivity contribution is 7.91. The molecule has 0 aliphatic carbocycles. The van der Waals surface area contributed by atoms with Gasteiger partial charge in [0.2, 0.25) is 0 Å². The van der Waals surface area contributed by atoms with E-state index in [4.69, 9.17) is 4.74 Å². The molecule has 8 heteroatoms. The summed E-state index contributed by atoms with van der Waals surface area (Å²) in [5.41, 5.74) is 1.16. The minimum Gasteiger partial charge on any atom is -0.381 e. The van der Waals surface area contributed by atoms with Crippen molar-refractivity contribution in [3.8, 4) is 0 Å². The topological polar surface area (TPSA) is 88.6 Å². The molecule has 2 aliphatic rings. The third-order valence-corrected chi connectivity index (χ3v) is 6.37. The number of ether oxygens (including phenoxy) is 1. The molecule has 0 radical (unpaired) electrons. The van der Waals surface area contributed by atoms with Crippen LogP contribution in [0, 0.1) is 0 Å². The van der Waals surface area contributed by atoms with Crippen LogP contribution in [0.3, 0.4) is 0 Å². The smallest absolute Gasteiger partial charge is 0.272 e. The van der Waals surface area contributed by atoms with Crippen LogP contribution in [0.15, 0.2) is 18.3 Å². The number of carbonyl (C=O) groups is 1. The molecule has 0 aromatic carbocycles. The molecule has 3 rings (SSSR count). The summed E-state index contributed by atoms with van der Waals surface area (Å²) in [5.74, 6) is -0.0618. The molecule has 24 heavy (non-hydrogen) atoms. The number of amides is 1. The molecule has 2 unspecified atom stereocenters. The zero-order valence-corrected chi connectivity index (χ0v) is 14.6. The number of pyridine rings is 1. The van der Waals surface area contributed by atoms with Crippen LogP contribution in [-0.4, -0.2) is 68.1 Å². The quantitative estimate of drug-likeness (QED) is 0.847. The highest BCUT2D eigenvalue weighted by Crippen LogP contribution is 2.19. The van der Waals surface area contributed by atoms with Gasteiger partial charge in [-0.15, -0.1) is 0 Å². The Labute approximate surface area is 142 Å². The fourth-order valence-electron chi connectivity index (χ4n) is 3.09. The maximum absolute atomic E-state index is 12.4. The summed E-state index contributed by atoms with van der Waals surface area (Å²) >= 11 is 0. The van der Waals surface area contributed by atoms with Gasteiger partial charge in [0, 0.05) is 26.2 Å². The van der Waals surface area contributed by atoms with Crippen molar-refractivity contribution >= 4 is 21.4 Å². The minimum absolute atomic E-state index is 0.0380. The van der Waals surface area contributed by atoms with Crippen molar-refractivity contribution in [2.45, 2.75) is 31.4 Å². The second-order valence-corrected chi connectivity index (χ2v) is 8.65. The number of carbonyl (C=O) groups excluding carboxylic acids is 1. The van der Waals surface area contributed by atoms with E-state index in [1.54, 1.807) is 19.3 Å². The second kappa shape index (κ2) is 7.06. The maximum atomic E-state index is 12.4. The van der Waals surface area contributed by atoms with Gasteiger partial charge in [-0.2, -0.15) is 0 Å². The zero-order valence-electron chi connectivity index (χ0n) is 13.8. The summed E-state index contributed by atoms with van der Waals surface area (Å²) in [6, 6.07) is 3.22. The number of rotatable bonds is 5. The zero-order chi connectivity index (χ0) is 17.2. The lowest BCUT2D eigenvalue weighted by atomic mass is 10.2. The van der Waals surface area contributed by atoms with E-state index < -0.39 is 9.84 Å². The number of nitrogens with one attached hydrogen (secondary N) is 1. The number of anilines is 1. The Morgan fingerprint density at radius 1 is 1.42 bits per heavy atom. The Balaban J connectivity index is 1.57. The molecule has 7 nitrogen and oxygen atoms in total. The van der Waals surface area contributed by atoms with Gasteiger partial charge in [0.25, 0.3) is 5.91 Å². The predicted molar refractivity (Wildman–Crippen MR) is 90.9 cm³/mol. The van der Waals surface area contributed by atoms with E-state index in [2.05, 4.69) is 10.3 Å². The van der Waals surface area contributed by atoms with Gasteiger partial charge in [-0.25, -0.2) is 13.4 Å². The van der Waals surface area contributed by atoms with Crippen LogP contribution in [-0.2, 0) is 14.6 Å². The minimum atomic E-state index is -3.01. The molecule has 3 heterocycles. The molecule has 2 atom stereocenters. The first-order valence-corrected chi connectivity index (χ1v) is 10.1. The van der Waals surface area contributed by atoms with E-state index in [1.807, 2.05) is 6.07 Å². The largest absolute Gasteiger partial charge is 0.381 e. The van der Waals surface area contributed by atoms with Crippen molar-refractivity contribution < 1.29 is 17.9 Å². The number of hydrogen-bond donors (Lipinski definition) is 1. The molecule has 1 aromatic rings. The van der Waals surface area contributed by atoms with Gasteiger partial charge in [-0.3, -0.25) is 4.79 Å². The molecule has 2 aliphatic heterocycles. The van der Waals surface area contributed by atoms with Crippen LogP contribution >= 0.6 is 0 Å². The summed E-state index contributed by atoms with van der Waals surface area (Å²) in [6.07, 6.45) is 4.52. The van der Waals surface area contributed by atoms with E-state index in [0.717, 1.165) is 31.7 Å². The number of hydrogen-bond acceptors (Lipinski definition) is 6. The molecule has 0 bridgehead atoms. The van der Waals surface area contributed by atoms with Crippen LogP contribution < -0.4 is 5.32 Å². The van der Waals surface area contributed by atoms with Crippen molar-refractivity contribution in [1.82, 2.24) is 9.88 Å². The molecule has 0 spiro atoms. The summed E-state index contributed by atoms with van der Waals surface area (Å²) < 4.78 is 28.7. The molecule has 132 valence electrons. The average Bonchev–Trinajstić information content (AvgIpc) is 3.21. The molecule has 0 saturated carbocycles. The van der Waals surface area contributed by atoms with Crippen molar-refractivity contribution in [2.24, 2.45) is 0 Å². The number of aromatic nitrogens is 1. The van der Waals surface area contributed by atoms with Crippen LogP contribution in [0.2, 0.25) is 0 Å². The van der Waals surface area contributed by atoms with E-state index >= 15 is 0 Å². The Morgan fingerprint density at radius 3 is 2.83 bits per heavy atom. The molecular formula is C16H23N3O4S. The predicted octanol–water partition coefficient (Wildman–Crippen LogP) is 0.932. The third-order valence-electron chi connectivity index (χ3n) is 4.62. The van der Waals surface area contributed by atoms with Gasteiger partial charge in [0.15, 0.2) is 9.84 Å². The Kier molecular flexibility index (Phi) is 5.05. The first-order valence-electron chi connectivity index (χ1n) is 8.24. The Bertz CT molecular complexity index is 684. The van der Waals surface area contributed by atoms with Gasteiger partial charge in [-0.1, -0.05) is 0 Å². The van der Waals surface area contributed by atoms with E-state index in [-0.39, 0.29) is 29.6 Å². The van der Waals surface area contributed by atoms with E-state index in [1.165, 1.54) is 4.90 Å². The van der Waals surface area contributed by atoms with Crippen LogP contribution in [0.4, 0.5) is 5.69 Å². The summed E-state index contributed by atoms with van der Waals surface area (Å²) in [6.45, 7) is 1.55. The molecule has 2 saturated heterocycles. The van der Waals surface area contributed by atoms with Crippen molar-refractivity contribution in [3.63, 3.8) is 0 Å². The monoisotopic (exact) mass is 353 g/mol. The van der Waals surface area contributed by atoms with Gasteiger partial charge in [-0.05, 0) is 31.4 Å². The van der Waals surface area contributed by atoms with Gasteiger partial charge in [0.05, 0.1) is 29.5 Å². The van der Waals surface area contributed by atoms with Gasteiger partial charge in [0.1, 0.15) is 5.69 Å². The van der Waals surface area contributed by atoms with Crippen LogP contribution in [0.5, 0.6) is 0 Å². The summed E-state index contributed by atoms with van der Waals surface area (Å²) in [7, 11) is -1.38. The molecule has 2 fully saturated rings.